The summed E-state index contributed by atoms with van der Waals surface area (Å²) >= 11 is 0. The maximum atomic E-state index is 13.7. The molecule has 2 aromatic rings. The van der Waals surface area contributed by atoms with Crippen LogP contribution in [0.4, 0.5) is 26.8 Å². The lowest BCUT2D eigenvalue weighted by Gasteiger charge is -2.31. The molecule has 0 bridgehead atoms. The molecule has 0 saturated carbocycles. The molecule has 1 aliphatic rings. The van der Waals surface area contributed by atoms with Crippen LogP contribution in [0.3, 0.4) is 0 Å². The Morgan fingerprint density at radius 2 is 1.91 bits per heavy atom. The third-order valence-corrected chi connectivity index (χ3v) is 9.44. The van der Waals surface area contributed by atoms with E-state index < -0.39 is 25.9 Å². The fourth-order valence-electron chi connectivity index (χ4n) is 4.09. The maximum absolute atomic E-state index is 13.7. The SMILES string of the molecule is C=CCOC(=O)Nc1cccc(CN(C(=O)OC(C)(C)C)c2cc(N3CCOCC3)cc(COCOC(C)[Si](C)(C)C)n2)c1. The molecule has 1 aromatic heterocycles. The van der Waals surface area contributed by atoms with Gasteiger partial charge in [0.2, 0.25) is 0 Å². The molecule has 1 aromatic carbocycles. The minimum Gasteiger partial charge on any atom is -0.445 e. The molecule has 1 N–H and O–H groups in total. The number of benzene rings is 1. The van der Waals surface area contributed by atoms with Crippen LogP contribution in [0.1, 0.15) is 39.0 Å². The van der Waals surface area contributed by atoms with Crippen LogP contribution in [0.15, 0.2) is 49.1 Å². The van der Waals surface area contributed by atoms with E-state index in [1.807, 2.05) is 39.0 Å². The Balaban J connectivity index is 1.92. The third-order valence-electron chi connectivity index (χ3n) is 6.83. The molecular weight excluding hydrogens is 580 g/mol. The average Bonchev–Trinajstić information content (AvgIpc) is 2.96. The van der Waals surface area contributed by atoms with Crippen LogP contribution in [-0.2, 0) is 36.8 Å². The van der Waals surface area contributed by atoms with Crippen molar-refractivity contribution in [2.75, 3.05) is 54.8 Å². The van der Waals surface area contributed by atoms with E-state index in [0.29, 0.717) is 43.5 Å². The molecule has 1 atom stereocenters. The fourth-order valence-corrected chi connectivity index (χ4v) is 4.66. The number of ether oxygens (including phenoxy) is 5. The second-order valence-corrected chi connectivity index (χ2v) is 18.2. The Labute approximate surface area is 262 Å². The quantitative estimate of drug-likeness (QED) is 0.117. The number of nitrogens with zero attached hydrogens (tertiary/aromatic N) is 3. The van der Waals surface area contributed by atoms with Crippen molar-refractivity contribution in [3.63, 3.8) is 0 Å². The largest absolute Gasteiger partial charge is 0.445 e. The van der Waals surface area contributed by atoms with Crippen LogP contribution in [0, 0.1) is 0 Å². The highest BCUT2D eigenvalue weighted by Gasteiger charge is 2.27. The summed E-state index contributed by atoms with van der Waals surface area (Å²) in [5.74, 6) is 0.419. The molecule has 1 fully saturated rings. The molecule has 12 heteroatoms. The zero-order valence-electron chi connectivity index (χ0n) is 27.2. The lowest BCUT2D eigenvalue weighted by atomic mass is 10.1. The topological polar surface area (TPSA) is 112 Å². The highest BCUT2D eigenvalue weighted by molar-refractivity contribution is 6.77. The lowest BCUT2D eigenvalue weighted by Crippen LogP contribution is -2.38. The molecule has 0 radical (unpaired) electrons. The van der Waals surface area contributed by atoms with Crippen molar-refractivity contribution in [2.45, 2.75) is 71.8 Å². The number of aromatic nitrogens is 1. The number of hydrogen-bond acceptors (Lipinski definition) is 9. The van der Waals surface area contributed by atoms with Crippen LogP contribution >= 0.6 is 0 Å². The van der Waals surface area contributed by atoms with Crippen molar-refractivity contribution in [3.8, 4) is 0 Å². The summed E-state index contributed by atoms with van der Waals surface area (Å²) in [5, 5.41) is 2.70. The van der Waals surface area contributed by atoms with Crippen molar-refractivity contribution < 1.29 is 33.3 Å². The van der Waals surface area contributed by atoms with Crippen molar-refractivity contribution in [2.24, 2.45) is 0 Å². The van der Waals surface area contributed by atoms with Gasteiger partial charge in [-0.3, -0.25) is 10.2 Å². The van der Waals surface area contributed by atoms with Crippen LogP contribution in [0.5, 0.6) is 0 Å². The van der Waals surface area contributed by atoms with E-state index in [2.05, 4.69) is 43.4 Å². The first-order valence-corrected chi connectivity index (χ1v) is 18.5. The lowest BCUT2D eigenvalue weighted by molar-refractivity contribution is -0.0724. The number of amides is 2. The highest BCUT2D eigenvalue weighted by Crippen LogP contribution is 2.27. The molecule has 1 saturated heterocycles. The van der Waals surface area contributed by atoms with Crippen LogP contribution in [0.2, 0.25) is 19.6 Å². The number of carbonyl (C=O) groups excluding carboxylic acids is 2. The van der Waals surface area contributed by atoms with E-state index in [0.717, 1.165) is 11.3 Å². The summed E-state index contributed by atoms with van der Waals surface area (Å²) in [6.45, 7) is 21.1. The molecule has 1 aliphatic heterocycles. The number of hydrogen-bond donors (Lipinski definition) is 1. The second-order valence-electron chi connectivity index (χ2n) is 12.7. The number of pyridine rings is 1. The van der Waals surface area contributed by atoms with Gasteiger partial charge in [0.05, 0.1) is 40.1 Å². The molecule has 11 nitrogen and oxygen atoms in total. The Bertz CT molecular complexity index is 1260. The van der Waals surface area contributed by atoms with Gasteiger partial charge in [-0.25, -0.2) is 14.6 Å². The summed E-state index contributed by atoms with van der Waals surface area (Å²) < 4.78 is 28.3. The summed E-state index contributed by atoms with van der Waals surface area (Å²) in [4.78, 5) is 34.3. The van der Waals surface area contributed by atoms with Gasteiger partial charge in [0, 0.05) is 36.3 Å². The molecule has 44 heavy (non-hydrogen) atoms. The van der Waals surface area contributed by atoms with Gasteiger partial charge in [0.1, 0.15) is 24.8 Å². The zero-order valence-corrected chi connectivity index (χ0v) is 28.2. The summed E-state index contributed by atoms with van der Waals surface area (Å²) in [5.41, 5.74) is 2.25. The Morgan fingerprint density at radius 3 is 2.57 bits per heavy atom. The highest BCUT2D eigenvalue weighted by atomic mass is 28.3. The van der Waals surface area contributed by atoms with Gasteiger partial charge >= 0.3 is 12.2 Å². The predicted octanol–water partition coefficient (Wildman–Crippen LogP) is 6.35. The standard InChI is InChI=1S/C32H48N4O7Si/c1-9-15-41-30(37)34-26-12-10-11-25(18-26)21-36(31(38)43-32(3,4)5)29-20-28(35-13-16-39-17-14-35)19-27(33-29)22-40-23-42-24(2)44(6,7)8/h9-12,18-20,24H,1,13-17,21-23H2,2-8H3,(H,34,37). The van der Waals surface area contributed by atoms with Crippen molar-refractivity contribution in [1.29, 1.82) is 0 Å². The van der Waals surface area contributed by atoms with Crippen molar-refractivity contribution in [3.05, 3.63) is 60.3 Å². The molecule has 242 valence electrons. The number of morpholine rings is 1. The van der Waals surface area contributed by atoms with E-state index in [4.69, 9.17) is 28.7 Å². The molecule has 1 unspecified atom stereocenters. The fraction of sp³-hybridized carbons (Fsp3) is 0.531. The summed E-state index contributed by atoms with van der Waals surface area (Å²) in [7, 11) is -1.46. The van der Waals surface area contributed by atoms with Gasteiger partial charge in [0.15, 0.2) is 0 Å². The van der Waals surface area contributed by atoms with E-state index in [9.17, 15) is 9.59 Å². The third kappa shape index (κ3) is 11.6. The number of carbonyl (C=O) groups is 2. The van der Waals surface area contributed by atoms with Gasteiger partial charge in [-0.15, -0.1) is 0 Å². The Morgan fingerprint density at radius 1 is 1.18 bits per heavy atom. The van der Waals surface area contributed by atoms with Gasteiger partial charge < -0.3 is 28.6 Å². The molecular formula is C32H48N4O7Si. The smallest absolute Gasteiger partial charge is 0.416 e. The minimum atomic E-state index is -1.46. The van der Waals surface area contributed by atoms with Crippen LogP contribution in [0.25, 0.3) is 0 Å². The van der Waals surface area contributed by atoms with Crippen molar-refractivity contribution in [1.82, 2.24) is 4.98 Å². The number of nitrogens with one attached hydrogen (secondary N) is 1. The number of anilines is 3. The first kappa shape index (κ1) is 35.0. The molecule has 0 aliphatic carbocycles. The maximum Gasteiger partial charge on any atom is 0.416 e. The van der Waals surface area contributed by atoms with E-state index in [-0.39, 0.29) is 32.3 Å². The van der Waals surface area contributed by atoms with E-state index >= 15 is 0 Å². The first-order valence-electron chi connectivity index (χ1n) is 14.9. The minimum absolute atomic E-state index is 0.0958. The normalized spacial score (nSPS) is 14.5. The Kier molecular flexibility index (Phi) is 12.8. The zero-order chi connectivity index (χ0) is 32.3. The summed E-state index contributed by atoms with van der Waals surface area (Å²) in [6.07, 6.45) is 0.346. The van der Waals surface area contributed by atoms with Crippen LogP contribution < -0.4 is 15.1 Å². The van der Waals surface area contributed by atoms with Crippen molar-refractivity contribution >= 4 is 37.5 Å². The first-order chi connectivity index (χ1) is 20.7. The van der Waals surface area contributed by atoms with Gasteiger partial charge in [-0.05, 0) is 51.5 Å². The molecule has 2 amide bonds. The second kappa shape index (κ2) is 16.0. The van der Waals surface area contributed by atoms with Crippen LogP contribution in [-0.4, -0.2) is 76.3 Å². The van der Waals surface area contributed by atoms with E-state index in [1.165, 1.54) is 11.0 Å². The Hall–Kier alpha value is -3.45. The van der Waals surface area contributed by atoms with Gasteiger partial charge in [-0.1, -0.05) is 44.4 Å². The monoisotopic (exact) mass is 628 g/mol. The van der Waals surface area contributed by atoms with E-state index in [1.54, 1.807) is 18.2 Å². The molecule has 0 spiro atoms. The molecule has 2 heterocycles. The predicted molar refractivity (Wildman–Crippen MR) is 175 cm³/mol. The average molecular weight is 629 g/mol. The molecule has 3 rings (SSSR count). The van der Waals surface area contributed by atoms with Gasteiger partial charge in [0.25, 0.3) is 0 Å². The number of rotatable bonds is 13. The van der Waals surface area contributed by atoms with Gasteiger partial charge in [-0.2, -0.15) is 0 Å². The summed E-state index contributed by atoms with van der Waals surface area (Å²) in [6, 6.07) is 11.0.